The van der Waals surface area contributed by atoms with Gasteiger partial charge >= 0.3 is 5.69 Å². The monoisotopic (exact) mass is 454 g/mol. The summed E-state index contributed by atoms with van der Waals surface area (Å²) >= 11 is 9.52. The second-order valence-corrected chi connectivity index (χ2v) is 7.99. The van der Waals surface area contributed by atoms with Gasteiger partial charge in [0.2, 0.25) is 0 Å². The van der Waals surface area contributed by atoms with Crippen molar-refractivity contribution in [3.8, 4) is 5.69 Å². The zero-order chi connectivity index (χ0) is 19.8. The quantitative estimate of drug-likeness (QED) is 0.440. The molecule has 140 valence electrons. The van der Waals surface area contributed by atoms with E-state index in [2.05, 4.69) is 15.9 Å². The van der Waals surface area contributed by atoms with Crippen LogP contribution in [0, 0.1) is 6.92 Å². The Morgan fingerprint density at radius 1 is 0.964 bits per heavy atom. The van der Waals surface area contributed by atoms with Crippen LogP contribution in [0.5, 0.6) is 0 Å². The molecule has 4 rings (SSSR count). The number of rotatable bonds is 3. The van der Waals surface area contributed by atoms with Gasteiger partial charge in [0.05, 0.1) is 23.1 Å². The minimum absolute atomic E-state index is 0.359. The number of aryl methyl sites for hydroxylation is 1. The molecule has 1 aromatic heterocycles. The van der Waals surface area contributed by atoms with Crippen LogP contribution in [0.4, 0.5) is 0 Å². The van der Waals surface area contributed by atoms with Crippen LogP contribution in [0.1, 0.15) is 11.1 Å². The number of aromatic nitrogens is 2. The summed E-state index contributed by atoms with van der Waals surface area (Å²) in [5.41, 5.74) is 2.40. The standard InChI is InChI=1S/C22H16BrClN2O2/c1-14-5-7-15(8-6-14)13-25-20-10-9-16(23)11-19(20)21(27)26(22(25)28)18-4-2-3-17(24)12-18/h2-12H,13H2,1H3. The summed E-state index contributed by atoms with van der Waals surface area (Å²) in [7, 11) is 0. The van der Waals surface area contributed by atoms with E-state index in [1.165, 1.54) is 4.57 Å². The highest BCUT2D eigenvalue weighted by molar-refractivity contribution is 9.10. The van der Waals surface area contributed by atoms with Gasteiger partial charge < -0.3 is 0 Å². The third-order valence-electron chi connectivity index (χ3n) is 4.63. The van der Waals surface area contributed by atoms with Gasteiger partial charge in [-0.15, -0.1) is 0 Å². The molecule has 0 saturated heterocycles. The SMILES string of the molecule is Cc1ccc(Cn2c(=O)n(-c3cccc(Cl)c3)c(=O)c3cc(Br)ccc32)cc1. The molecule has 0 fully saturated rings. The summed E-state index contributed by atoms with van der Waals surface area (Å²) < 4.78 is 3.57. The molecule has 0 aliphatic heterocycles. The molecule has 0 bridgehead atoms. The minimum Gasteiger partial charge on any atom is -0.288 e. The molecule has 0 aliphatic rings. The first-order valence-corrected chi connectivity index (χ1v) is 9.88. The van der Waals surface area contributed by atoms with Crippen LogP contribution in [0.3, 0.4) is 0 Å². The molecule has 0 saturated carbocycles. The van der Waals surface area contributed by atoms with Gasteiger partial charge in [-0.25, -0.2) is 9.36 Å². The van der Waals surface area contributed by atoms with Crippen molar-refractivity contribution in [2.75, 3.05) is 0 Å². The summed E-state index contributed by atoms with van der Waals surface area (Å²) in [5.74, 6) is 0. The van der Waals surface area contributed by atoms with Crippen molar-refractivity contribution in [2.45, 2.75) is 13.5 Å². The maximum Gasteiger partial charge on any atom is 0.336 e. The Labute approximate surface area is 174 Å². The summed E-state index contributed by atoms with van der Waals surface area (Å²) in [5, 5.41) is 0.921. The van der Waals surface area contributed by atoms with Crippen molar-refractivity contribution in [2.24, 2.45) is 0 Å². The second-order valence-electron chi connectivity index (χ2n) is 6.64. The minimum atomic E-state index is -0.400. The summed E-state index contributed by atoms with van der Waals surface area (Å²) in [6.07, 6.45) is 0. The predicted molar refractivity (Wildman–Crippen MR) is 117 cm³/mol. The van der Waals surface area contributed by atoms with Crippen LogP contribution < -0.4 is 11.2 Å². The Hall–Kier alpha value is -2.63. The van der Waals surface area contributed by atoms with Gasteiger partial charge in [0.1, 0.15) is 0 Å². The zero-order valence-electron chi connectivity index (χ0n) is 15.0. The van der Waals surface area contributed by atoms with E-state index < -0.39 is 5.69 Å². The van der Waals surface area contributed by atoms with Gasteiger partial charge in [-0.2, -0.15) is 0 Å². The highest BCUT2D eigenvalue weighted by atomic mass is 79.9. The van der Waals surface area contributed by atoms with E-state index in [-0.39, 0.29) is 5.56 Å². The van der Waals surface area contributed by atoms with Gasteiger partial charge in [0.15, 0.2) is 0 Å². The first kappa shape index (κ1) is 18.7. The van der Waals surface area contributed by atoms with Crippen molar-refractivity contribution in [1.82, 2.24) is 9.13 Å². The summed E-state index contributed by atoms with van der Waals surface area (Å²) in [6.45, 7) is 2.38. The zero-order valence-corrected chi connectivity index (χ0v) is 17.4. The molecule has 3 aromatic carbocycles. The highest BCUT2D eigenvalue weighted by Crippen LogP contribution is 2.19. The lowest BCUT2D eigenvalue weighted by Crippen LogP contribution is -2.39. The molecule has 0 N–H and O–H groups in total. The molecular formula is C22H16BrClN2O2. The fourth-order valence-electron chi connectivity index (χ4n) is 3.22. The maximum absolute atomic E-state index is 13.3. The van der Waals surface area contributed by atoms with E-state index >= 15 is 0 Å². The van der Waals surface area contributed by atoms with Crippen LogP contribution in [-0.2, 0) is 6.54 Å². The van der Waals surface area contributed by atoms with Gasteiger partial charge in [-0.1, -0.05) is 63.4 Å². The molecule has 28 heavy (non-hydrogen) atoms. The van der Waals surface area contributed by atoms with Crippen LogP contribution >= 0.6 is 27.5 Å². The van der Waals surface area contributed by atoms with Crippen molar-refractivity contribution < 1.29 is 0 Å². The van der Waals surface area contributed by atoms with E-state index in [9.17, 15) is 9.59 Å². The predicted octanol–water partition coefficient (Wildman–Crippen LogP) is 4.93. The van der Waals surface area contributed by atoms with Gasteiger partial charge in [0.25, 0.3) is 5.56 Å². The van der Waals surface area contributed by atoms with Crippen LogP contribution in [0.2, 0.25) is 5.02 Å². The molecular weight excluding hydrogens is 440 g/mol. The Morgan fingerprint density at radius 3 is 2.43 bits per heavy atom. The van der Waals surface area contributed by atoms with Crippen molar-refractivity contribution in [1.29, 1.82) is 0 Å². The maximum atomic E-state index is 13.3. The molecule has 6 heteroatoms. The van der Waals surface area contributed by atoms with Crippen molar-refractivity contribution in [3.63, 3.8) is 0 Å². The normalized spacial score (nSPS) is 11.1. The molecule has 0 radical (unpaired) electrons. The molecule has 0 amide bonds. The fraction of sp³-hybridized carbons (Fsp3) is 0.0909. The van der Waals surface area contributed by atoms with E-state index in [0.717, 1.165) is 15.6 Å². The first-order chi connectivity index (χ1) is 13.4. The van der Waals surface area contributed by atoms with E-state index in [1.807, 2.05) is 37.3 Å². The molecule has 0 aliphatic carbocycles. The van der Waals surface area contributed by atoms with E-state index in [0.29, 0.717) is 28.2 Å². The van der Waals surface area contributed by atoms with Gasteiger partial charge in [0, 0.05) is 9.50 Å². The lowest BCUT2D eigenvalue weighted by molar-refractivity contribution is 0.714. The van der Waals surface area contributed by atoms with Crippen LogP contribution in [0.25, 0.3) is 16.6 Å². The Kier molecular flexibility index (Phi) is 4.96. The van der Waals surface area contributed by atoms with E-state index in [1.54, 1.807) is 41.0 Å². The van der Waals surface area contributed by atoms with Gasteiger partial charge in [-0.3, -0.25) is 9.36 Å². The number of hydrogen-bond donors (Lipinski definition) is 0. The molecule has 0 unspecified atom stereocenters. The number of benzene rings is 3. The summed E-state index contributed by atoms with van der Waals surface area (Å²) in [6, 6.07) is 20.1. The molecule has 4 aromatic rings. The Balaban J connectivity index is 2.04. The van der Waals surface area contributed by atoms with Crippen LogP contribution in [-0.4, -0.2) is 9.13 Å². The molecule has 1 heterocycles. The number of nitrogens with zero attached hydrogens (tertiary/aromatic N) is 2. The smallest absolute Gasteiger partial charge is 0.288 e. The fourth-order valence-corrected chi connectivity index (χ4v) is 3.76. The van der Waals surface area contributed by atoms with E-state index in [4.69, 9.17) is 11.6 Å². The largest absolute Gasteiger partial charge is 0.336 e. The highest BCUT2D eigenvalue weighted by Gasteiger charge is 2.15. The number of hydrogen-bond acceptors (Lipinski definition) is 2. The average Bonchev–Trinajstić information content (AvgIpc) is 2.67. The van der Waals surface area contributed by atoms with Crippen molar-refractivity contribution >= 4 is 38.4 Å². The third-order valence-corrected chi connectivity index (χ3v) is 5.36. The first-order valence-electron chi connectivity index (χ1n) is 8.70. The third kappa shape index (κ3) is 3.43. The Morgan fingerprint density at radius 2 is 1.71 bits per heavy atom. The second kappa shape index (κ2) is 7.41. The lowest BCUT2D eigenvalue weighted by atomic mass is 10.1. The molecule has 0 spiro atoms. The van der Waals surface area contributed by atoms with Crippen LogP contribution in [0.15, 0.2) is 80.8 Å². The number of fused-ring (bicyclic) bond motifs is 1. The Bertz CT molecular complexity index is 1310. The van der Waals surface area contributed by atoms with Gasteiger partial charge in [-0.05, 0) is 48.9 Å². The number of halogens is 2. The summed E-state index contributed by atoms with van der Waals surface area (Å²) in [4.78, 5) is 26.5. The molecule has 0 atom stereocenters. The topological polar surface area (TPSA) is 44.0 Å². The molecule has 4 nitrogen and oxygen atoms in total. The lowest BCUT2D eigenvalue weighted by Gasteiger charge is -2.15. The average molecular weight is 456 g/mol. The van der Waals surface area contributed by atoms with Crippen molar-refractivity contribution in [3.05, 3.63) is 108 Å².